The van der Waals surface area contributed by atoms with Gasteiger partial charge in [-0.05, 0) is 50.6 Å². The Morgan fingerprint density at radius 3 is 2.68 bits per heavy atom. The number of rotatable bonds is 7. The van der Waals surface area contributed by atoms with Crippen LogP contribution in [0.25, 0.3) is 0 Å². The zero-order valence-corrected chi connectivity index (χ0v) is 17.3. The van der Waals surface area contributed by atoms with Crippen LogP contribution in [-0.4, -0.2) is 49.5 Å². The molecule has 0 aliphatic carbocycles. The van der Waals surface area contributed by atoms with Crippen molar-refractivity contribution in [2.45, 2.75) is 32.7 Å². The molecule has 0 spiro atoms. The quantitative estimate of drug-likeness (QED) is 0.331. The molecule has 1 aromatic rings. The van der Waals surface area contributed by atoms with E-state index in [1.54, 1.807) is 12.1 Å². The number of piperidine rings is 1. The summed E-state index contributed by atoms with van der Waals surface area (Å²) in [5.41, 5.74) is 6.81. The van der Waals surface area contributed by atoms with Crippen LogP contribution in [0.15, 0.2) is 29.3 Å². The SMILES string of the molecule is CCNC(=NCc1cccc(C(N)=O)c1)NCCN1CCCCC1.I. The molecule has 0 radical (unpaired) electrons. The molecule has 6 nitrogen and oxygen atoms in total. The minimum Gasteiger partial charge on any atom is -0.366 e. The van der Waals surface area contributed by atoms with Crippen LogP contribution in [0.1, 0.15) is 42.1 Å². The number of aliphatic imine (C=N–C) groups is 1. The van der Waals surface area contributed by atoms with E-state index in [0.29, 0.717) is 12.1 Å². The monoisotopic (exact) mass is 459 g/mol. The third-order valence-corrected chi connectivity index (χ3v) is 4.14. The zero-order valence-electron chi connectivity index (χ0n) is 15.0. The van der Waals surface area contributed by atoms with E-state index < -0.39 is 5.91 Å². The summed E-state index contributed by atoms with van der Waals surface area (Å²) in [6.45, 7) is 7.71. The minimum absolute atomic E-state index is 0. The Morgan fingerprint density at radius 1 is 1.24 bits per heavy atom. The summed E-state index contributed by atoms with van der Waals surface area (Å²) < 4.78 is 0. The molecule has 1 amide bonds. The van der Waals surface area contributed by atoms with Gasteiger partial charge in [-0.3, -0.25) is 4.79 Å². The van der Waals surface area contributed by atoms with E-state index in [-0.39, 0.29) is 24.0 Å². The van der Waals surface area contributed by atoms with Crippen LogP contribution in [0, 0.1) is 0 Å². The average Bonchev–Trinajstić information content (AvgIpc) is 2.61. The predicted octanol–water partition coefficient (Wildman–Crippen LogP) is 1.94. The lowest BCUT2D eigenvalue weighted by atomic mass is 10.1. The third kappa shape index (κ3) is 8.04. The maximum atomic E-state index is 11.2. The molecule has 0 bridgehead atoms. The molecule has 2 rings (SSSR count). The number of carbonyl (C=O) groups is 1. The topological polar surface area (TPSA) is 82.7 Å². The van der Waals surface area contributed by atoms with E-state index in [2.05, 4.69) is 27.4 Å². The molecule has 140 valence electrons. The summed E-state index contributed by atoms with van der Waals surface area (Å²) in [5.74, 6) is 0.395. The lowest BCUT2D eigenvalue weighted by molar-refractivity contribution is 0.1000. The number of hydrogen-bond donors (Lipinski definition) is 3. The van der Waals surface area contributed by atoms with Crippen LogP contribution in [0.5, 0.6) is 0 Å². The number of carbonyl (C=O) groups excluding carboxylic acids is 1. The van der Waals surface area contributed by atoms with Crippen molar-refractivity contribution in [1.82, 2.24) is 15.5 Å². The fraction of sp³-hybridized carbons (Fsp3) is 0.556. The van der Waals surface area contributed by atoms with Crippen LogP contribution in [0.3, 0.4) is 0 Å². The van der Waals surface area contributed by atoms with Crippen LogP contribution in [0.4, 0.5) is 0 Å². The molecule has 1 saturated heterocycles. The highest BCUT2D eigenvalue weighted by Crippen LogP contribution is 2.07. The highest BCUT2D eigenvalue weighted by Gasteiger charge is 2.09. The first-order valence-electron chi connectivity index (χ1n) is 8.82. The highest BCUT2D eigenvalue weighted by atomic mass is 127. The van der Waals surface area contributed by atoms with Gasteiger partial charge < -0.3 is 21.3 Å². The first-order chi connectivity index (χ1) is 11.7. The van der Waals surface area contributed by atoms with Crippen LogP contribution < -0.4 is 16.4 Å². The molecule has 0 aromatic heterocycles. The Morgan fingerprint density at radius 2 is 2.00 bits per heavy atom. The largest absolute Gasteiger partial charge is 0.366 e. The molecule has 1 fully saturated rings. The Bertz CT molecular complexity index is 558. The second-order valence-corrected chi connectivity index (χ2v) is 6.09. The second kappa shape index (κ2) is 12.1. The van der Waals surface area contributed by atoms with E-state index in [9.17, 15) is 4.79 Å². The molecule has 0 saturated carbocycles. The molecule has 7 heteroatoms. The van der Waals surface area contributed by atoms with E-state index in [1.165, 1.54) is 32.4 Å². The van der Waals surface area contributed by atoms with Gasteiger partial charge in [0.25, 0.3) is 0 Å². The van der Waals surface area contributed by atoms with Crippen LogP contribution in [0.2, 0.25) is 0 Å². The van der Waals surface area contributed by atoms with Crippen LogP contribution in [-0.2, 0) is 6.54 Å². The van der Waals surface area contributed by atoms with Gasteiger partial charge in [-0.2, -0.15) is 0 Å². The van der Waals surface area contributed by atoms with Gasteiger partial charge in [0.2, 0.25) is 5.91 Å². The first-order valence-corrected chi connectivity index (χ1v) is 8.82. The lowest BCUT2D eigenvalue weighted by Crippen LogP contribution is -2.42. The molecule has 25 heavy (non-hydrogen) atoms. The number of likely N-dealkylation sites (tertiary alicyclic amines) is 1. The van der Waals surface area contributed by atoms with Gasteiger partial charge in [0, 0.05) is 25.2 Å². The number of amides is 1. The molecular formula is C18H30IN5O. The van der Waals surface area contributed by atoms with Crippen molar-refractivity contribution in [3.63, 3.8) is 0 Å². The Balaban J connectivity index is 0.00000312. The summed E-state index contributed by atoms with van der Waals surface area (Å²) in [4.78, 5) is 18.3. The summed E-state index contributed by atoms with van der Waals surface area (Å²) in [6, 6.07) is 7.30. The van der Waals surface area contributed by atoms with Crippen molar-refractivity contribution in [2.24, 2.45) is 10.7 Å². The maximum absolute atomic E-state index is 11.2. The van der Waals surface area contributed by atoms with Crippen molar-refractivity contribution in [3.05, 3.63) is 35.4 Å². The number of hydrogen-bond acceptors (Lipinski definition) is 3. The molecule has 4 N–H and O–H groups in total. The Hall–Kier alpha value is -1.35. The number of nitrogens with zero attached hydrogens (tertiary/aromatic N) is 2. The first kappa shape index (κ1) is 21.7. The van der Waals surface area contributed by atoms with Crippen molar-refractivity contribution in [2.75, 3.05) is 32.7 Å². The van der Waals surface area contributed by atoms with Crippen molar-refractivity contribution < 1.29 is 4.79 Å². The average molecular weight is 459 g/mol. The van der Waals surface area contributed by atoms with E-state index in [1.807, 2.05) is 12.1 Å². The minimum atomic E-state index is -0.410. The molecule has 1 aliphatic heterocycles. The number of primary amides is 1. The number of halogens is 1. The van der Waals surface area contributed by atoms with Crippen molar-refractivity contribution in [3.8, 4) is 0 Å². The molecule has 0 unspecified atom stereocenters. The Labute approximate surface area is 167 Å². The smallest absolute Gasteiger partial charge is 0.248 e. The van der Waals surface area contributed by atoms with E-state index in [4.69, 9.17) is 5.73 Å². The number of nitrogens with one attached hydrogen (secondary N) is 2. The molecule has 0 atom stereocenters. The molecule has 1 aromatic carbocycles. The predicted molar refractivity (Wildman–Crippen MR) is 113 cm³/mol. The van der Waals surface area contributed by atoms with Gasteiger partial charge in [0.1, 0.15) is 0 Å². The second-order valence-electron chi connectivity index (χ2n) is 6.09. The summed E-state index contributed by atoms with van der Waals surface area (Å²) in [7, 11) is 0. The number of guanidine groups is 1. The van der Waals surface area contributed by atoms with E-state index >= 15 is 0 Å². The summed E-state index contributed by atoms with van der Waals surface area (Å²) >= 11 is 0. The van der Waals surface area contributed by atoms with Gasteiger partial charge in [-0.15, -0.1) is 24.0 Å². The normalized spacial score (nSPS) is 15.3. The van der Waals surface area contributed by atoms with Gasteiger partial charge in [0.05, 0.1) is 6.54 Å². The van der Waals surface area contributed by atoms with Gasteiger partial charge in [0.15, 0.2) is 5.96 Å². The van der Waals surface area contributed by atoms with E-state index in [0.717, 1.165) is 31.2 Å². The standard InChI is InChI=1S/C18H29N5O.HI/c1-2-20-18(21-9-12-23-10-4-3-5-11-23)22-14-15-7-6-8-16(13-15)17(19)24;/h6-8,13H,2-5,9-12,14H2,1H3,(H2,19,24)(H2,20,21,22);1H. The zero-order chi connectivity index (χ0) is 17.2. The molecule has 1 heterocycles. The number of nitrogens with two attached hydrogens (primary N) is 1. The Kier molecular flexibility index (Phi) is 10.5. The summed E-state index contributed by atoms with van der Waals surface area (Å²) in [6.07, 6.45) is 3.98. The third-order valence-electron chi connectivity index (χ3n) is 4.14. The van der Waals surface area contributed by atoms with Gasteiger partial charge >= 0.3 is 0 Å². The summed E-state index contributed by atoms with van der Waals surface area (Å²) in [5, 5.41) is 6.64. The van der Waals surface area contributed by atoms with Gasteiger partial charge in [-0.25, -0.2) is 4.99 Å². The highest BCUT2D eigenvalue weighted by molar-refractivity contribution is 14.0. The van der Waals surface area contributed by atoms with Crippen molar-refractivity contribution >= 4 is 35.8 Å². The fourth-order valence-electron chi connectivity index (χ4n) is 2.85. The van der Waals surface area contributed by atoms with Gasteiger partial charge in [-0.1, -0.05) is 18.6 Å². The number of benzene rings is 1. The fourth-order valence-corrected chi connectivity index (χ4v) is 2.85. The maximum Gasteiger partial charge on any atom is 0.248 e. The lowest BCUT2D eigenvalue weighted by Gasteiger charge is -2.26. The molecular weight excluding hydrogens is 429 g/mol. The van der Waals surface area contributed by atoms with Crippen molar-refractivity contribution in [1.29, 1.82) is 0 Å². The van der Waals surface area contributed by atoms with Crippen LogP contribution >= 0.6 is 24.0 Å². The molecule has 1 aliphatic rings.